The summed E-state index contributed by atoms with van der Waals surface area (Å²) in [7, 11) is 3.14. The van der Waals surface area contributed by atoms with Crippen molar-refractivity contribution in [2.45, 2.75) is 38.1 Å². The lowest BCUT2D eigenvalue weighted by Crippen LogP contribution is -2.60. The van der Waals surface area contributed by atoms with Gasteiger partial charge in [0.25, 0.3) is 5.91 Å². The van der Waals surface area contributed by atoms with Crippen LogP contribution in [0.15, 0.2) is 66.7 Å². The van der Waals surface area contributed by atoms with Crippen LogP contribution in [0.5, 0.6) is 5.75 Å². The molecule has 10 nitrogen and oxygen atoms in total. The average Bonchev–Trinajstić information content (AvgIpc) is 3.53. The molecule has 0 spiro atoms. The van der Waals surface area contributed by atoms with Crippen LogP contribution in [0.25, 0.3) is 0 Å². The molecule has 0 aromatic heterocycles. The second-order valence-electron chi connectivity index (χ2n) is 10.8. The molecule has 1 aliphatic carbocycles. The van der Waals surface area contributed by atoms with Crippen molar-refractivity contribution in [3.63, 3.8) is 0 Å². The minimum absolute atomic E-state index is 0.0316. The predicted octanol–water partition coefficient (Wildman–Crippen LogP) is 4.86. The Kier molecular flexibility index (Phi) is 10.3. The van der Waals surface area contributed by atoms with Crippen molar-refractivity contribution in [2.24, 2.45) is 0 Å². The number of likely N-dealkylation sites (N-methyl/N-ethyl adjacent to an activating group) is 2. The number of hydrogen-bond acceptors (Lipinski definition) is 5. The Bertz CT molecular complexity index is 1520. The van der Waals surface area contributed by atoms with Crippen LogP contribution in [0, 0.1) is 11.6 Å². The molecule has 232 valence electrons. The lowest BCUT2D eigenvalue weighted by atomic mass is 10.1. The number of benzene rings is 3. The van der Waals surface area contributed by atoms with Gasteiger partial charge in [-0.2, -0.15) is 0 Å². The van der Waals surface area contributed by atoms with Gasteiger partial charge in [-0.05, 0) is 48.7 Å². The fourth-order valence-electron chi connectivity index (χ4n) is 5.46. The third-order valence-corrected chi connectivity index (χ3v) is 7.84. The molecule has 0 bridgehead atoms. The molecule has 4 amide bonds. The van der Waals surface area contributed by atoms with Gasteiger partial charge in [0.2, 0.25) is 0 Å². The molecule has 0 heterocycles. The normalized spacial score (nSPS) is 14.4. The van der Waals surface area contributed by atoms with E-state index in [4.69, 9.17) is 9.84 Å². The number of carbonyl (C=O) groups is 4. The van der Waals surface area contributed by atoms with Crippen LogP contribution in [-0.2, 0) is 20.8 Å². The number of urea groups is 1. The minimum atomic E-state index is -0.996. The number of para-hydroxylation sites is 2. The lowest BCUT2D eigenvalue weighted by Gasteiger charge is -2.37. The summed E-state index contributed by atoms with van der Waals surface area (Å²) in [6, 6.07) is 15.4. The highest BCUT2D eigenvalue weighted by molar-refractivity contribution is 5.97. The van der Waals surface area contributed by atoms with E-state index in [0.29, 0.717) is 28.8 Å². The maximum absolute atomic E-state index is 13.9. The summed E-state index contributed by atoms with van der Waals surface area (Å²) in [6.07, 6.45) is 3.21. The summed E-state index contributed by atoms with van der Waals surface area (Å²) in [6.45, 7) is -0.763. The van der Waals surface area contributed by atoms with Crippen LogP contribution >= 0.6 is 0 Å². The molecule has 3 N–H and O–H groups in total. The number of nitrogens with one attached hydrogen (secondary N) is 2. The highest BCUT2D eigenvalue weighted by atomic mass is 19.1. The molecule has 1 saturated carbocycles. The van der Waals surface area contributed by atoms with Crippen molar-refractivity contribution in [3.05, 3.63) is 83.9 Å². The van der Waals surface area contributed by atoms with Crippen LogP contribution in [0.2, 0.25) is 0 Å². The number of carboxylic acid groups (broad SMARTS) is 1. The average molecular weight is 610 g/mol. The molecular formula is C32H35F2N4O6+. The largest absolute Gasteiger partial charge is 0.481 e. The fraction of sp³-hybridized carbons (Fsp3) is 0.312. The minimum Gasteiger partial charge on any atom is -0.481 e. The summed E-state index contributed by atoms with van der Waals surface area (Å²) in [5.74, 6) is -3.20. The van der Waals surface area contributed by atoms with Gasteiger partial charge in [-0.1, -0.05) is 24.3 Å². The molecule has 44 heavy (non-hydrogen) atoms. The number of ether oxygens (including phenoxy) is 1. The molecule has 0 saturated heterocycles. The van der Waals surface area contributed by atoms with E-state index in [1.165, 1.54) is 7.05 Å². The van der Waals surface area contributed by atoms with Gasteiger partial charge < -0.3 is 25.4 Å². The lowest BCUT2D eigenvalue weighted by molar-refractivity contribution is -0.136. The van der Waals surface area contributed by atoms with Crippen LogP contribution in [-0.4, -0.2) is 62.2 Å². The van der Waals surface area contributed by atoms with E-state index in [1.807, 2.05) is 0 Å². The number of anilines is 2. The SMILES string of the molecule is CN(C(=O)COc1ccccc1[N+](C)(C(=O)CNC(=O)Nc1cccc(CC(=O)O)c1)C1CCCC1)c1cc(F)cc(F)c1. The van der Waals surface area contributed by atoms with Gasteiger partial charge in [0.1, 0.15) is 24.2 Å². The van der Waals surface area contributed by atoms with Gasteiger partial charge >= 0.3 is 17.9 Å². The van der Waals surface area contributed by atoms with Crippen LogP contribution < -0.4 is 24.8 Å². The number of halogens is 2. The van der Waals surface area contributed by atoms with E-state index in [0.717, 1.165) is 42.7 Å². The summed E-state index contributed by atoms with van der Waals surface area (Å²) in [4.78, 5) is 51.6. The molecule has 1 fully saturated rings. The molecule has 1 unspecified atom stereocenters. The van der Waals surface area contributed by atoms with Crippen molar-refractivity contribution in [3.8, 4) is 5.75 Å². The summed E-state index contributed by atoms with van der Waals surface area (Å²) in [5.41, 5.74) is 1.45. The number of hydrogen-bond donors (Lipinski definition) is 3. The smallest absolute Gasteiger partial charge is 0.338 e. The highest BCUT2D eigenvalue weighted by Crippen LogP contribution is 2.39. The highest BCUT2D eigenvalue weighted by Gasteiger charge is 2.45. The quantitative estimate of drug-likeness (QED) is 0.267. The van der Waals surface area contributed by atoms with Crippen LogP contribution in [0.1, 0.15) is 31.2 Å². The summed E-state index contributed by atoms with van der Waals surface area (Å²) >= 11 is 0. The molecule has 3 aromatic carbocycles. The van der Waals surface area contributed by atoms with Gasteiger partial charge in [-0.15, -0.1) is 0 Å². The van der Waals surface area contributed by atoms with Crippen molar-refractivity contribution in [1.29, 1.82) is 0 Å². The van der Waals surface area contributed by atoms with Crippen molar-refractivity contribution in [2.75, 3.05) is 37.5 Å². The van der Waals surface area contributed by atoms with Gasteiger partial charge in [-0.3, -0.25) is 9.59 Å². The number of carboxylic acids is 1. The number of nitrogens with zero attached hydrogens (tertiary/aromatic N) is 2. The van der Waals surface area contributed by atoms with E-state index in [-0.39, 0.29) is 35.1 Å². The molecule has 1 aliphatic rings. The van der Waals surface area contributed by atoms with E-state index < -0.39 is 36.1 Å². The Morgan fingerprint density at radius 3 is 2.34 bits per heavy atom. The Balaban J connectivity index is 1.48. The number of carbonyl (C=O) groups excluding carboxylic acids is 3. The topological polar surface area (TPSA) is 125 Å². The summed E-state index contributed by atoms with van der Waals surface area (Å²) < 4.78 is 33.1. The second kappa shape index (κ2) is 14.1. The zero-order valence-electron chi connectivity index (χ0n) is 24.5. The Morgan fingerprint density at radius 1 is 0.977 bits per heavy atom. The standard InChI is InChI=1S/C32H34F2N4O6/c1-37(25-17-22(33)16-23(34)18-25)29(39)20-44-28-13-6-5-12-27(28)38(2,26-10-3-4-11-26)30(40)19-35-32(43)36-24-9-7-8-21(14-24)15-31(41)42/h5-9,12-14,16-18,26H,3-4,10-11,15,19-20H2,1-2H3,(H2-,35,36,41,42,43)/p+1. The van der Waals surface area contributed by atoms with Crippen molar-refractivity contribution in [1.82, 2.24) is 9.80 Å². The maximum atomic E-state index is 13.9. The van der Waals surface area contributed by atoms with E-state index in [2.05, 4.69) is 10.6 Å². The first-order chi connectivity index (χ1) is 21.0. The van der Waals surface area contributed by atoms with Crippen LogP contribution in [0.4, 0.5) is 30.6 Å². The van der Waals surface area contributed by atoms with Crippen molar-refractivity contribution < 1.29 is 37.8 Å². The number of rotatable bonds is 11. The molecule has 4 rings (SSSR count). The van der Waals surface area contributed by atoms with Crippen molar-refractivity contribution >= 4 is 40.9 Å². The first kappa shape index (κ1) is 32.1. The molecule has 0 aliphatic heterocycles. The Morgan fingerprint density at radius 2 is 1.66 bits per heavy atom. The molecule has 12 heteroatoms. The fourth-order valence-corrected chi connectivity index (χ4v) is 5.46. The van der Waals surface area contributed by atoms with E-state index >= 15 is 0 Å². The number of amides is 4. The van der Waals surface area contributed by atoms with E-state index in [1.54, 1.807) is 55.6 Å². The first-order valence-electron chi connectivity index (χ1n) is 14.2. The predicted molar refractivity (Wildman–Crippen MR) is 161 cm³/mol. The zero-order chi connectivity index (χ0) is 31.9. The van der Waals surface area contributed by atoms with Gasteiger partial charge in [0, 0.05) is 43.4 Å². The van der Waals surface area contributed by atoms with Gasteiger partial charge in [-0.25, -0.2) is 22.9 Å². The van der Waals surface area contributed by atoms with Gasteiger partial charge in [0.05, 0.1) is 13.5 Å². The van der Waals surface area contributed by atoms with E-state index in [9.17, 15) is 28.0 Å². The Hall–Kier alpha value is -4.84. The summed E-state index contributed by atoms with van der Waals surface area (Å²) in [5, 5.41) is 14.3. The maximum Gasteiger partial charge on any atom is 0.338 e. The second-order valence-corrected chi connectivity index (χ2v) is 10.8. The third-order valence-electron chi connectivity index (χ3n) is 7.84. The van der Waals surface area contributed by atoms with Crippen LogP contribution in [0.3, 0.4) is 0 Å². The zero-order valence-corrected chi connectivity index (χ0v) is 24.5. The third kappa shape index (κ3) is 7.75. The molecule has 0 radical (unpaired) electrons. The monoisotopic (exact) mass is 609 g/mol. The number of aliphatic carboxylic acids is 1. The van der Waals surface area contributed by atoms with Gasteiger partial charge in [0.15, 0.2) is 18.0 Å². The Labute approximate surface area is 253 Å². The first-order valence-corrected chi connectivity index (χ1v) is 14.2. The number of quaternary nitrogens is 1. The molecule has 3 aromatic rings. The molecule has 1 atom stereocenters. The molecular weight excluding hydrogens is 574 g/mol.